The number of hydrogen-bond acceptors (Lipinski definition) is 3. The highest BCUT2D eigenvalue weighted by atomic mass is 19.3. The van der Waals surface area contributed by atoms with E-state index < -0.39 is 11.3 Å². The van der Waals surface area contributed by atoms with Gasteiger partial charge in [-0.05, 0) is 23.8 Å². The van der Waals surface area contributed by atoms with Crippen LogP contribution in [0.2, 0.25) is 0 Å². The topological polar surface area (TPSA) is 55.2 Å². The normalized spacial score (nSPS) is 10.6. The van der Waals surface area contributed by atoms with E-state index in [0.29, 0.717) is 12.2 Å². The number of nitro benzene ring substituents is 1. The summed E-state index contributed by atoms with van der Waals surface area (Å²) in [5, 5.41) is 13.5. The van der Waals surface area contributed by atoms with Gasteiger partial charge in [0, 0.05) is 29.9 Å². The Bertz CT molecular complexity index is 600. The fourth-order valence-electron chi connectivity index (χ4n) is 1.74. The first-order valence-corrected chi connectivity index (χ1v) is 5.91. The Balaban J connectivity index is 2.01. The number of rotatable bonds is 5. The molecule has 2 rings (SSSR count). The van der Waals surface area contributed by atoms with Crippen molar-refractivity contribution in [3.8, 4) is 0 Å². The summed E-state index contributed by atoms with van der Waals surface area (Å²) >= 11 is 0. The van der Waals surface area contributed by atoms with Gasteiger partial charge in [-0.2, -0.15) is 0 Å². The van der Waals surface area contributed by atoms with Gasteiger partial charge in [0.2, 0.25) is 0 Å². The van der Waals surface area contributed by atoms with E-state index in [2.05, 4.69) is 5.32 Å². The van der Waals surface area contributed by atoms with Crippen molar-refractivity contribution < 1.29 is 13.7 Å². The summed E-state index contributed by atoms with van der Waals surface area (Å²) in [5.74, 6) is 0. The molecular formula is C14H12F2N2O2. The summed E-state index contributed by atoms with van der Waals surface area (Å²) in [4.78, 5) is 10.0. The van der Waals surface area contributed by atoms with E-state index in [0.717, 1.165) is 5.56 Å². The Morgan fingerprint density at radius 1 is 1.15 bits per heavy atom. The molecule has 2 aromatic rings. The van der Waals surface area contributed by atoms with Crippen LogP contribution < -0.4 is 5.32 Å². The van der Waals surface area contributed by atoms with Crippen LogP contribution >= 0.6 is 0 Å². The van der Waals surface area contributed by atoms with Crippen molar-refractivity contribution in [1.29, 1.82) is 0 Å². The van der Waals surface area contributed by atoms with Crippen molar-refractivity contribution in [2.75, 3.05) is 5.32 Å². The van der Waals surface area contributed by atoms with Gasteiger partial charge < -0.3 is 5.32 Å². The lowest BCUT2D eigenvalue weighted by Crippen LogP contribution is -2.00. The zero-order valence-corrected chi connectivity index (χ0v) is 10.4. The van der Waals surface area contributed by atoms with E-state index in [-0.39, 0.29) is 11.3 Å². The third kappa shape index (κ3) is 3.50. The molecule has 0 aromatic heterocycles. The third-order valence-corrected chi connectivity index (χ3v) is 2.78. The van der Waals surface area contributed by atoms with Crippen molar-refractivity contribution in [2.45, 2.75) is 13.0 Å². The molecule has 4 nitrogen and oxygen atoms in total. The second-order valence-corrected chi connectivity index (χ2v) is 4.20. The van der Waals surface area contributed by atoms with Crippen LogP contribution in [0.5, 0.6) is 0 Å². The molecule has 0 amide bonds. The van der Waals surface area contributed by atoms with Gasteiger partial charge >= 0.3 is 0 Å². The molecule has 2 aromatic carbocycles. The molecular weight excluding hydrogens is 266 g/mol. The predicted octanol–water partition coefficient (Wildman–Crippen LogP) is 4.14. The summed E-state index contributed by atoms with van der Waals surface area (Å²) in [6, 6.07) is 12.1. The maximum Gasteiger partial charge on any atom is 0.269 e. The monoisotopic (exact) mass is 278 g/mol. The summed E-state index contributed by atoms with van der Waals surface area (Å²) in [5.41, 5.74) is 1.41. The maximum absolute atomic E-state index is 12.5. The number of alkyl halides is 2. The van der Waals surface area contributed by atoms with E-state index in [1.807, 2.05) is 0 Å². The molecule has 6 heteroatoms. The van der Waals surface area contributed by atoms with Crippen molar-refractivity contribution in [3.05, 3.63) is 69.8 Å². The van der Waals surface area contributed by atoms with Crippen LogP contribution in [0.15, 0.2) is 48.5 Å². The molecule has 0 aliphatic rings. The van der Waals surface area contributed by atoms with Crippen LogP contribution in [0, 0.1) is 10.1 Å². The molecule has 0 saturated carbocycles. The molecule has 0 radical (unpaired) electrons. The second kappa shape index (κ2) is 6.10. The summed E-state index contributed by atoms with van der Waals surface area (Å²) in [6.07, 6.45) is -2.49. The van der Waals surface area contributed by atoms with Gasteiger partial charge in [0.25, 0.3) is 12.1 Å². The third-order valence-electron chi connectivity index (χ3n) is 2.78. The SMILES string of the molecule is O=[N+]([O-])c1ccc(NCc2cccc(C(F)F)c2)cc1. The Hall–Kier alpha value is -2.50. The molecule has 20 heavy (non-hydrogen) atoms. The first-order chi connectivity index (χ1) is 9.56. The lowest BCUT2D eigenvalue weighted by atomic mass is 10.1. The Kier molecular flexibility index (Phi) is 4.24. The highest BCUT2D eigenvalue weighted by Crippen LogP contribution is 2.20. The fourth-order valence-corrected chi connectivity index (χ4v) is 1.74. The zero-order valence-electron chi connectivity index (χ0n) is 10.4. The smallest absolute Gasteiger partial charge is 0.269 e. The van der Waals surface area contributed by atoms with Crippen LogP contribution in [-0.4, -0.2) is 4.92 Å². The first-order valence-electron chi connectivity index (χ1n) is 5.91. The Labute approximate surface area is 114 Å². The quantitative estimate of drug-likeness (QED) is 0.660. The zero-order chi connectivity index (χ0) is 14.5. The average molecular weight is 278 g/mol. The van der Waals surface area contributed by atoms with Crippen molar-refractivity contribution in [2.24, 2.45) is 0 Å². The van der Waals surface area contributed by atoms with E-state index >= 15 is 0 Å². The highest BCUT2D eigenvalue weighted by molar-refractivity contribution is 5.48. The number of anilines is 1. The highest BCUT2D eigenvalue weighted by Gasteiger charge is 2.07. The van der Waals surface area contributed by atoms with Gasteiger partial charge in [-0.15, -0.1) is 0 Å². The van der Waals surface area contributed by atoms with E-state index in [4.69, 9.17) is 0 Å². The summed E-state index contributed by atoms with van der Waals surface area (Å²) in [7, 11) is 0. The van der Waals surface area contributed by atoms with Gasteiger partial charge in [0.05, 0.1) is 4.92 Å². The van der Waals surface area contributed by atoms with Crippen molar-refractivity contribution in [1.82, 2.24) is 0 Å². The lowest BCUT2D eigenvalue weighted by Gasteiger charge is -2.08. The van der Waals surface area contributed by atoms with Crippen LogP contribution in [0.3, 0.4) is 0 Å². The summed E-state index contributed by atoms with van der Waals surface area (Å²) < 4.78 is 25.1. The largest absolute Gasteiger partial charge is 0.381 e. The van der Waals surface area contributed by atoms with Gasteiger partial charge in [-0.25, -0.2) is 8.78 Å². The molecule has 104 valence electrons. The fraction of sp³-hybridized carbons (Fsp3) is 0.143. The van der Waals surface area contributed by atoms with Crippen LogP contribution in [0.1, 0.15) is 17.6 Å². The maximum atomic E-state index is 12.5. The predicted molar refractivity (Wildman–Crippen MR) is 71.8 cm³/mol. The molecule has 0 aliphatic heterocycles. The van der Waals surface area contributed by atoms with Crippen molar-refractivity contribution >= 4 is 11.4 Å². The van der Waals surface area contributed by atoms with Crippen molar-refractivity contribution in [3.63, 3.8) is 0 Å². The number of nitrogens with one attached hydrogen (secondary N) is 1. The van der Waals surface area contributed by atoms with Crippen LogP contribution in [0.25, 0.3) is 0 Å². The Morgan fingerprint density at radius 2 is 1.85 bits per heavy atom. The minimum Gasteiger partial charge on any atom is -0.381 e. The average Bonchev–Trinajstić information content (AvgIpc) is 2.46. The number of nitro groups is 1. The minimum atomic E-state index is -2.49. The first kappa shape index (κ1) is 13.9. The van der Waals surface area contributed by atoms with Crippen LogP contribution in [0.4, 0.5) is 20.2 Å². The number of hydrogen-bond donors (Lipinski definition) is 1. The molecule has 0 saturated heterocycles. The number of nitrogens with zero attached hydrogens (tertiary/aromatic N) is 1. The van der Waals surface area contributed by atoms with E-state index in [1.165, 1.54) is 24.3 Å². The van der Waals surface area contributed by atoms with Gasteiger partial charge in [-0.3, -0.25) is 10.1 Å². The van der Waals surface area contributed by atoms with E-state index in [1.54, 1.807) is 24.3 Å². The van der Waals surface area contributed by atoms with E-state index in [9.17, 15) is 18.9 Å². The van der Waals surface area contributed by atoms with Gasteiger partial charge in [0.15, 0.2) is 0 Å². The van der Waals surface area contributed by atoms with Gasteiger partial charge in [-0.1, -0.05) is 18.2 Å². The molecule has 0 spiro atoms. The molecule has 0 atom stereocenters. The number of non-ortho nitro benzene ring substituents is 1. The lowest BCUT2D eigenvalue weighted by molar-refractivity contribution is -0.384. The number of benzene rings is 2. The van der Waals surface area contributed by atoms with Crippen LogP contribution in [-0.2, 0) is 6.54 Å². The second-order valence-electron chi connectivity index (χ2n) is 4.20. The molecule has 0 heterocycles. The molecule has 0 bridgehead atoms. The molecule has 0 aliphatic carbocycles. The standard InChI is InChI=1S/C14H12F2N2O2/c15-14(16)11-3-1-2-10(8-11)9-17-12-4-6-13(7-5-12)18(19)20/h1-8,14,17H,9H2. The molecule has 0 fully saturated rings. The number of halogens is 2. The van der Waals surface area contributed by atoms with Gasteiger partial charge in [0.1, 0.15) is 0 Å². The Morgan fingerprint density at radius 3 is 2.45 bits per heavy atom. The molecule has 0 unspecified atom stereocenters. The summed E-state index contributed by atoms with van der Waals surface area (Å²) in [6.45, 7) is 0.373. The minimum absolute atomic E-state index is 0.00949. The molecule has 1 N–H and O–H groups in total.